The number of hydrogen-bond acceptors (Lipinski definition) is 3. The number of pyridine rings is 1. The number of hydrogen-bond donors (Lipinski definition) is 0. The van der Waals surface area contributed by atoms with Crippen LogP contribution in [0.5, 0.6) is 0 Å². The van der Waals surface area contributed by atoms with Gasteiger partial charge in [-0.2, -0.15) is 0 Å². The molecule has 0 atom stereocenters. The molecular weight excluding hydrogens is 246 g/mol. The number of alkyl halides is 1. The highest BCUT2D eigenvalue weighted by Gasteiger charge is 2.21. The molecule has 1 aromatic rings. The second kappa shape index (κ2) is 5.89. The molecule has 0 amide bonds. The molecule has 1 aliphatic heterocycles. The summed E-state index contributed by atoms with van der Waals surface area (Å²) < 4.78 is 0. The zero-order chi connectivity index (χ0) is 13.1. The van der Waals surface area contributed by atoms with Crippen LogP contribution in [0.3, 0.4) is 0 Å². The lowest BCUT2D eigenvalue weighted by Crippen LogP contribution is -2.42. The quantitative estimate of drug-likeness (QED) is 0.785. The van der Waals surface area contributed by atoms with Crippen molar-refractivity contribution in [2.24, 2.45) is 0 Å². The van der Waals surface area contributed by atoms with Crippen LogP contribution in [-0.2, 0) is 5.88 Å². The fraction of sp³-hybridized carbons (Fsp3) is 0.643. The number of aromatic nitrogens is 1. The minimum absolute atomic E-state index is 0.543. The van der Waals surface area contributed by atoms with E-state index in [2.05, 4.69) is 41.0 Å². The van der Waals surface area contributed by atoms with Gasteiger partial charge < -0.3 is 9.80 Å². The van der Waals surface area contributed by atoms with E-state index >= 15 is 0 Å². The smallest absolute Gasteiger partial charge is 0.128 e. The molecule has 1 fully saturated rings. The predicted molar refractivity (Wildman–Crippen MR) is 77.5 cm³/mol. The van der Waals surface area contributed by atoms with Gasteiger partial charge in [-0.05, 0) is 45.5 Å². The first-order valence-corrected chi connectivity index (χ1v) is 7.09. The van der Waals surface area contributed by atoms with Gasteiger partial charge in [0.05, 0.1) is 0 Å². The molecule has 0 N–H and O–H groups in total. The van der Waals surface area contributed by atoms with Crippen molar-refractivity contribution in [2.45, 2.75) is 31.7 Å². The van der Waals surface area contributed by atoms with Crippen LogP contribution in [0.15, 0.2) is 12.1 Å². The van der Waals surface area contributed by atoms with Crippen molar-refractivity contribution in [3.05, 3.63) is 23.4 Å². The number of piperidine rings is 1. The molecule has 0 radical (unpaired) electrons. The van der Waals surface area contributed by atoms with E-state index in [9.17, 15) is 0 Å². The van der Waals surface area contributed by atoms with Gasteiger partial charge in [0.2, 0.25) is 0 Å². The van der Waals surface area contributed by atoms with Crippen LogP contribution in [0.1, 0.15) is 24.1 Å². The van der Waals surface area contributed by atoms with Crippen LogP contribution >= 0.6 is 11.6 Å². The Balaban J connectivity index is 2.03. The molecule has 18 heavy (non-hydrogen) atoms. The molecule has 1 aliphatic rings. The lowest BCUT2D eigenvalue weighted by atomic mass is 10.0. The highest BCUT2D eigenvalue weighted by atomic mass is 35.5. The van der Waals surface area contributed by atoms with E-state index in [1.807, 2.05) is 6.92 Å². The molecule has 0 spiro atoms. The summed E-state index contributed by atoms with van der Waals surface area (Å²) in [6.07, 6.45) is 2.43. The maximum atomic E-state index is 5.87. The number of rotatable bonds is 3. The Morgan fingerprint density at radius 2 is 2.00 bits per heavy atom. The summed E-state index contributed by atoms with van der Waals surface area (Å²) in [6.45, 7) is 4.22. The van der Waals surface area contributed by atoms with Crippen LogP contribution in [-0.4, -0.2) is 43.1 Å². The van der Waals surface area contributed by atoms with E-state index in [-0.39, 0.29) is 0 Å². The minimum atomic E-state index is 0.543. The Morgan fingerprint density at radius 1 is 1.33 bits per heavy atom. The highest BCUT2D eigenvalue weighted by Crippen LogP contribution is 2.21. The summed E-state index contributed by atoms with van der Waals surface area (Å²) in [4.78, 5) is 9.37. The molecule has 0 aromatic carbocycles. The summed E-state index contributed by atoms with van der Waals surface area (Å²) in [5.74, 6) is 1.64. The molecular formula is C14H22ClN3. The standard InChI is InChI=1S/C14H22ClN3/c1-11-12(10-15)4-5-14(16-11)18-8-6-13(7-9-18)17(2)3/h4-5,13H,6-10H2,1-3H3. The molecule has 4 heteroatoms. The first kappa shape index (κ1) is 13.6. The highest BCUT2D eigenvalue weighted by molar-refractivity contribution is 6.17. The van der Waals surface area contributed by atoms with E-state index in [0.717, 1.165) is 30.2 Å². The van der Waals surface area contributed by atoms with Crippen molar-refractivity contribution in [2.75, 3.05) is 32.1 Å². The van der Waals surface area contributed by atoms with E-state index in [0.29, 0.717) is 11.9 Å². The fourth-order valence-electron chi connectivity index (χ4n) is 2.51. The van der Waals surface area contributed by atoms with Gasteiger partial charge in [-0.15, -0.1) is 11.6 Å². The molecule has 2 heterocycles. The normalized spacial score (nSPS) is 17.5. The van der Waals surface area contributed by atoms with Gasteiger partial charge in [0.1, 0.15) is 5.82 Å². The van der Waals surface area contributed by atoms with Crippen LogP contribution in [0, 0.1) is 6.92 Å². The van der Waals surface area contributed by atoms with Crippen molar-refractivity contribution in [1.29, 1.82) is 0 Å². The van der Waals surface area contributed by atoms with Crippen molar-refractivity contribution < 1.29 is 0 Å². The number of aryl methyl sites for hydroxylation is 1. The lowest BCUT2D eigenvalue weighted by molar-refractivity contribution is 0.249. The molecule has 0 unspecified atom stereocenters. The Hall–Kier alpha value is -0.800. The molecule has 0 saturated carbocycles. The summed E-state index contributed by atoms with van der Waals surface area (Å²) in [7, 11) is 4.33. The topological polar surface area (TPSA) is 19.4 Å². The maximum absolute atomic E-state index is 5.87. The summed E-state index contributed by atoms with van der Waals surface area (Å²) in [5.41, 5.74) is 2.18. The third kappa shape index (κ3) is 2.96. The summed E-state index contributed by atoms with van der Waals surface area (Å²) in [6, 6.07) is 4.91. The third-order valence-electron chi connectivity index (χ3n) is 3.84. The Labute approximate surface area is 115 Å². The summed E-state index contributed by atoms with van der Waals surface area (Å²) in [5, 5.41) is 0. The Kier molecular flexibility index (Phi) is 4.46. The first-order chi connectivity index (χ1) is 8.61. The first-order valence-electron chi connectivity index (χ1n) is 6.55. The molecule has 1 saturated heterocycles. The predicted octanol–water partition coefficient (Wildman–Crippen LogP) is 2.66. The van der Waals surface area contributed by atoms with Crippen LogP contribution in [0.25, 0.3) is 0 Å². The van der Waals surface area contributed by atoms with Gasteiger partial charge in [0.15, 0.2) is 0 Å². The number of anilines is 1. The average molecular weight is 268 g/mol. The van der Waals surface area contributed by atoms with Gasteiger partial charge >= 0.3 is 0 Å². The second-order valence-corrected chi connectivity index (χ2v) is 5.50. The van der Waals surface area contributed by atoms with Crippen LogP contribution in [0.4, 0.5) is 5.82 Å². The van der Waals surface area contributed by atoms with Gasteiger partial charge in [-0.25, -0.2) is 4.98 Å². The van der Waals surface area contributed by atoms with Crippen LogP contribution < -0.4 is 4.90 Å². The van der Waals surface area contributed by atoms with Crippen molar-refractivity contribution in [3.8, 4) is 0 Å². The van der Waals surface area contributed by atoms with Crippen molar-refractivity contribution >= 4 is 17.4 Å². The van der Waals surface area contributed by atoms with E-state index in [1.165, 1.54) is 12.8 Å². The van der Waals surface area contributed by atoms with Crippen molar-refractivity contribution in [1.82, 2.24) is 9.88 Å². The molecule has 1 aromatic heterocycles. The Morgan fingerprint density at radius 3 is 2.50 bits per heavy atom. The molecule has 2 rings (SSSR count). The average Bonchev–Trinajstić information content (AvgIpc) is 2.38. The number of nitrogens with zero attached hydrogens (tertiary/aromatic N) is 3. The molecule has 0 bridgehead atoms. The number of halogens is 1. The van der Waals surface area contributed by atoms with Gasteiger partial charge in [-0.1, -0.05) is 6.07 Å². The van der Waals surface area contributed by atoms with E-state index < -0.39 is 0 Å². The van der Waals surface area contributed by atoms with Crippen LogP contribution in [0.2, 0.25) is 0 Å². The zero-order valence-electron chi connectivity index (χ0n) is 11.5. The molecule has 100 valence electrons. The van der Waals surface area contributed by atoms with E-state index in [1.54, 1.807) is 0 Å². The Bertz CT molecular complexity index is 398. The molecule has 0 aliphatic carbocycles. The lowest BCUT2D eigenvalue weighted by Gasteiger charge is -2.36. The van der Waals surface area contributed by atoms with Gasteiger partial charge in [0, 0.05) is 30.7 Å². The largest absolute Gasteiger partial charge is 0.356 e. The van der Waals surface area contributed by atoms with E-state index in [4.69, 9.17) is 11.6 Å². The maximum Gasteiger partial charge on any atom is 0.128 e. The molecule has 3 nitrogen and oxygen atoms in total. The summed E-state index contributed by atoms with van der Waals surface area (Å²) >= 11 is 5.87. The zero-order valence-corrected chi connectivity index (χ0v) is 12.2. The van der Waals surface area contributed by atoms with Gasteiger partial charge in [0.25, 0.3) is 0 Å². The third-order valence-corrected chi connectivity index (χ3v) is 4.13. The fourth-order valence-corrected chi connectivity index (χ4v) is 2.79. The van der Waals surface area contributed by atoms with Gasteiger partial charge in [-0.3, -0.25) is 0 Å². The minimum Gasteiger partial charge on any atom is -0.356 e. The monoisotopic (exact) mass is 267 g/mol. The second-order valence-electron chi connectivity index (χ2n) is 5.23. The SMILES string of the molecule is Cc1nc(N2CCC(N(C)C)CC2)ccc1CCl. The van der Waals surface area contributed by atoms with Crippen molar-refractivity contribution in [3.63, 3.8) is 0 Å².